The highest BCUT2D eigenvalue weighted by molar-refractivity contribution is 5.80. The number of carbonyl (C=O) groups is 1. The fourth-order valence-electron chi connectivity index (χ4n) is 3.45. The minimum atomic E-state index is 0.240. The van der Waals surface area contributed by atoms with Crippen LogP contribution in [0.1, 0.15) is 51.4 Å². The summed E-state index contributed by atoms with van der Waals surface area (Å²) in [6.45, 7) is 2.53. The van der Waals surface area contributed by atoms with Gasteiger partial charge >= 0.3 is 0 Å². The molecule has 1 spiro atoms. The van der Waals surface area contributed by atoms with Gasteiger partial charge in [-0.3, -0.25) is 4.79 Å². The Kier molecular flexibility index (Phi) is 4.08. The molecule has 2 aliphatic carbocycles. The predicted molar refractivity (Wildman–Crippen MR) is 73.9 cm³/mol. The Morgan fingerprint density at radius 3 is 2.63 bits per heavy atom. The van der Waals surface area contributed by atoms with Gasteiger partial charge in [0.25, 0.3) is 0 Å². The zero-order valence-corrected chi connectivity index (χ0v) is 11.7. The van der Waals surface area contributed by atoms with E-state index in [1.54, 1.807) is 0 Å². The summed E-state index contributed by atoms with van der Waals surface area (Å²) < 4.78 is 6.24. The summed E-state index contributed by atoms with van der Waals surface area (Å²) in [6, 6.07) is 0. The van der Waals surface area contributed by atoms with Crippen molar-refractivity contribution in [1.29, 1.82) is 0 Å². The molecule has 108 valence electrons. The fourth-order valence-corrected chi connectivity index (χ4v) is 3.45. The Bertz CT molecular complexity index is 322. The zero-order valence-electron chi connectivity index (χ0n) is 11.7. The molecule has 2 saturated carbocycles. The van der Waals surface area contributed by atoms with E-state index in [-0.39, 0.29) is 11.5 Å². The molecule has 0 bridgehead atoms. The molecule has 4 nitrogen and oxygen atoms in total. The molecule has 1 amide bonds. The molecule has 0 aromatic carbocycles. The molecule has 3 rings (SSSR count). The van der Waals surface area contributed by atoms with E-state index in [2.05, 4.69) is 10.6 Å². The Morgan fingerprint density at radius 1 is 1.11 bits per heavy atom. The second kappa shape index (κ2) is 5.80. The number of hydrogen-bond acceptors (Lipinski definition) is 3. The summed E-state index contributed by atoms with van der Waals surface area (Å²) in [6.07, 6.45) is 10.2. The van der Waals surface area contributed by atoms with E-state index in [1.165, 1.54) is 38.5 Å². The molecule has 3 aliphatic rings. The van der Waals surface area contributed by atoms with Gasteiger partial charge in [-0.15, -0.1) is 0 Å². The summed E-state index contributed by atoms with van der Waals surface area (Å²) in [5.74, 6) is 0.559. The highest BCUT2D eigenvalue weighted by atomic mass is 16.5. The van der Waals surface area contributed by atoms with Crippen LogP contribution < -0.4 is 10.6 Å². The molecule has 1 aliphatic heterocycles. The molecule has 1 heterocycles. The second-order valence-electron chi connectivity index (χ2n) is 6.44. The number of ether oxygens (including phenoxy) is 1. The van der Waals surface area contributed by atoms with Gasteiger partial charge in [-0.2, -0.15) is 0 Å². The van der Waals surface area contributed by atoms with Crippen LogP contribution in [-0.2, 0) is 9.53 Å². The van der Waals surface area contributed by atoms with Gasteiger partial charge in [-0.25, -0.2) is 0 Å². The summed E-state index contributed by atoms with van der Waals surface area (Å²) >= 11 is 0. The smallest absolute Gasteiger partial charge is 0.223 e. The van der Waals surface area contributed by atoms with Gasteiger partial charge in [0.2, 0.25) is 5.91 Å². The van der Waals surface area contributed by atoms with E-state index < -0.39 is 0 Å². The molecule has 1 atom stereocenters. The Balaban J connectivity index is 1.25. The van der Waals surface area contributed by atoms with Gasteiger partial charge in [0.1, 0.15) is 0 Å². The standard InChI is InChI=1S/C15H26N2O2/c18-14(12-3-4-12)17-10-9-16-11-13-5-8-15(19-13)6-1-2-7-15/h12-13,16H,1-11H2,(H,17,18). The second-order valence-corrected chi connectivity index (χ2v) is 6.44. The maximum Gasteiger partial charge on any atom is 0.223 e. The first-order chi connectivity index (χ1) is 9.27. The first kappa shape index (κ1) is 13.4. The third-order valence-electron chi connectivity index (χ3n) is 4.77. The lowest BCUT2D eigenvalue weighted by Gasteiger charge is -2.23. The molecule has 19 heavy (non-hydrogen) atoms. The summed E-state index contributed by atoms with van der Waals surface area (Å²) in [4.78, 5) is 11.4. The van der Waals surface area contributed by atoms with Crippen molar-refractivity contribution in [3.63, 3.8) is 0 Å². The van der Waals surface area contributed by atoms with Crippen LogP contribution >= 0.6 is 0 Å². The number of amides is 1. The number of nitrogens with one attached hydrogen (secondary N) is 2. The van der Waals surface area contributed by atoms with Crippen molar-refractivity contribution >= 4 is 5.91 Å². The SMILES string of the molecule is O=C(NCCNCC1CCC2(CCCC2)O1)C1CC1. The monoisotopic (exact) mass is 266 g/mol. The molecule has 0 aromatic rings. The maximum absolute atomic E-state index is 11.4. The highest BCUT2D eigenvalue weighted by Gasteiger charge is 2.41. The van der Waals surface area contributed by atoms with Crippen molar-refractivity contribution in [2.75, 3.05) is 19.6 Å². The lowest BCUT2D eigenvalue weighted by Crippen LogP contribution is -2.36. The van der Waals surface area contributed by atoms with Crippen LogP contribution in [0.3, 0.4) is 0 Å². The van der Waals surface area contributed by atoms with Gasteiger partial charge in [0.05, 0.1) is 11.7 Å². The number of carbonyl (C=O) groups excluding carboxylic acids is 1. The van der Waals surface area contributed by atoms with Crippen molar-refractivity contribution in [3.8, 4) is 0 Å². The minimum absolute atomic E-state index is 0.240. The van der Waals surface area contributed by atoms with Crippen molar-refractivity contribution in [2.24, 2.45) is 5.92 Å². The molecule has 2 N–H and O–H groups in total. The summed E-state index contributed by atoms with van der Waals surface area (Å²) in [5.41, 5.74) is 0.243. The Labute approximate surface area is 115 Å². The van der Waals surface area contributed by atoms with Gasteiger partial charge in [-0.1, -0.05) is 12.8 Å². The molecule has 0 radical (unpaired) electrons. The average Bonchev–Trinajstić information content (AvgIpc) is 3.06. The first-order valence-electron chi connectivity index (χ1n) is 7.94. The van der Waals surface area contributed by atoms with Crippen molar-refractivity contribution in [2.45, 2.75) is 63.1 Å². The largest absolute Gasteiger partial charge is 0.370 e. The molecule has 0 aromatic heterocycles. The third-order valence-corrected chi connectivity index (χ3v) is 4.77. The number of hydrogen-bond donors (Lipinski definition) is 2. The van der Waals surface area contributed by atoms with Crippen molar-refractivity contribution < 1.29 is 9.53 Å². The van der Waals surface area contributed by atoms with Crippen molar-refractivity contribution in [3.05, 3.63) is 0 Å². The lowest BCUT2D eigenvalue weighted by molar-refractivity contribution is -0.122. The van der Waals surface area contributed by atoms with Crippen LogP contribution in [0.5, 0.6) is 0 Å². The molecule has 4 heteroatoms. The van der Waals surface area contributed by atoms with Crippen LogP contribution in [0.15, 0.2) is 0 Å². The van der Waals surface area contributed by atoms with E-state index in [9.17, 15) is 4.79 Å². The minimum Gasteiger partial charge on any atom is -0.370 e. The summed E-state index contributed by atoms with van der Waals surface area (Å²) in [5, 5.41) is 6.38. The van der Waals surface area contributed by atoms with E-state index in [0.29, 0.717) is 12.0 Å². The van der Waals surface area contributed by atoms with Crippen LogP contribution in [0.2, 0.25) is 0 Å². The molecular weight excluding hydrogens is 240 g/mol. The zero-order chi connectivity index (χ0) is 13.1. The van der Waals surface area contributed by atoms with Crippen LogP contribution in [0.4, 0.5) is 0 Å². The average molecular weight is 266 g/mol. The van der Waals surface area contributed by atoms with E-state index in [0.717, 1.165) is 32.5 Å². The normalized spacial score (nSPS) is 28.9. The lowest BCUT2D eigenvalue weighted by atomic mass is 9.98. The first-order valence-corrected chi connectivity index (χ1v) is 7.94. The van der Waals surface area contributed by atoms with E-state index >= 15 is 0 Å². The van der Waals surface area contributed by atoms with E-state index in [4.69, 9.17) is 4.74 Å². The van der Waals surface area contributed by atoms with Gasteiger partial charge in [-0.05, 0) is 38.5 Å². The number of rotatable bonds is 6. The summed E-state index contributed by atoms with van der Waals surface area (Å²) in [7, 11) is 0. The van der Waals surface area contributed by atoms with E-state index in [1.807, 2.05) is 0 Å². The molecule has 1 saturated heterocycles. The van der Waals surface area contributed by atoms with Gasteiger partial charge in [0.15, 0.2) is 0 Å². The predicted octanol–water partition coefficient (Wildman–Crippen LogP) is 1.59. The van der Waals surface area contributed by atoms with Crippen LogP contribution in [0, 0.1) is 5.92 Å². The quantitative estimate of drug-likeness (QED) is 0.718. The Hall–Kier alpha value is -0.610. The third kappa shape index (κ3) is 3.48. The topological polar surface area (TPSA) is 50.4 Å². The van der Waals surface area contributed by atoms with Crippen LogP contribution in [-0.4, -0.2) is 37.2 Å². The van der Waals surface area contributed by atoms with Crippen molar-refractivity contribution in [1.82, 2.24) is 10.6 Å². The van der Waals surface area contributed by atoms with Gasteiger partial charge < -0.3 is 15.4 Å². The Morgan fingerprint density at radius 2 is 1.89 bits per heavy atom. The highest BCUT2D eigenvalue weighted by Crippen LogP contribution is 2.43. The molecular formula is C15H26N2O2. The maximum atomic E-state index is 11.4. The molecule has 3 fully saturated rings. The molecule has 1 unspecified atom stereocenters. The van der Waals surface area contributed by atoms with Crippen LogP contribution in [0.25, 0.3) is 0 Å². The fraction of sp³-hybridized carbons (Fsp3) is 0.933. The van der Waals surface area contributed by atoms with Gasteiger partial charge in [0, 0.05) is 25.6 Å².